The van der Waals surface area contributed by atoms with Gasteiger partial charge in [-0.2, -0.15) is 4.79 Å². The van der Waals surface area contributed by atoms with Gasteiger partial charge < -0.3 is 15.0 Å². The molecule has 126 valence electrons. The number of para-hydroxylation sites is 1. The lowest BCUT2D eigenvalue weighted by atomic mass is 9.88. The molecule has 1 aliphatic carbocycles. The second-order valence-electron chi connectivity index (χ2n) is 6.05. The SMILES string of the molecule is COC(=O)C(=[N+]=[N-])C(=O)N1Cc2ccccc2OC12CCCCC2. The van der Waals surface area contributed by atoms with Crippen LogP contribution in [0.4, 0.5) is 0 Å². The second kappa shape index (κ2) is 6.45. The van der Waals surface area contributed by atoms with Gasteiger partial charge in [-0.25, -0.2) is 4.79 Å². The molecule has 0 bridgehead atoms. The van der Waals surface area contributed by atoms with Crippen LogP contribution in [0.2, 0.25) is 0 Å². The minimum atomic E-state index is -0.965. The number of fused-ring (bicyclic) bond motifs is 1. The molecule has 1 fully saturated rings. The highest BCUT2D eigenvalue weighted by atomic mass is 16.5. The standard InChI is InChI=1S/C17H19N3O4/c1-23-16(22)14(19-18)15(21)20-11-12-7-3-4-8-13(12)24-17(20)9-5-2-6-10-17/h3-4,7-8H,2,5-6,9-11H2,1H3. The fourth-order valence-corrected chi connectivity index (χ4v) is 3.44. The minimum Gasteiger partial charge on any atom is -0.468 e. The molecule has 1 spiro atoms. The highest BCUT2D eigenvalue weighted by Crippen LogP contribution is 2.42. The molecule has 3 rings (SSSR count). The molecule has 0 aromatic heterocycles. The monoisotopic (exact) mass is 329 g/mol. The molecule has 0 atom stereocenters. The number of carbonyl (C=O) groups excluding carboxylic acids is 2. The van der Waals surface area contributed by atoms with Gasteiger partial charge in [0, 0.05) is 18.4 Å². The van der Waals surface area contributed by atoms with Crippen molar-refractivity contribution in [3.8, 4) is 5.75 Å². The maximum absolute atomic E-state index is 12.9. The van der Waals surface area contributed by atoms with Gasteiger partial charge in [-0.05, 0) is 18.9 Å². The lowest BCUT2D eigenvalue weighted by Gasteiger charge is -2.48. The van der Waals surface area contributed by atoms with Gasteiger partial charge in [0.2, 0.25) is 0 Å². The summed E-state index contributed by atoms with van der Waals surface area (Å²) in [7, 11) is 1.14. The number of carbonyl (C=O) groups is 2. The van der Waals surface area contributed by atoms with Gasteiger partial charge in [-0.1, -0.05) is 24.6 Å². The van der Waals surface area contributed by atoms with Crippen molar-refractivity contribution in [1.82, 2.24) is 4.90 Å². The Hall–Kier alpha value is -2.66. The zero-order valence-electron chi connectivity index (χ0n) is 13.5. The minimum absolute atomic E-state index is 0.297. The summed E-state index contributed by atoms with van der Waals surface area (Å²) in [6.45, 7) is 0.297. The van der Waals surface area contributed by atoms with Crippen molar-refractivity contribution < 1.29 is 23.9 Å². The molecule has 0 saturated heterocycles. The fraction of sp³-hybridized carbons (Fsp3) is 0.471. The Balaban J connectivity index is 2.01. The number of hydrogen-bond acceptors (Lipinski definition) is 4. The van der Waals surface area contributed by atoms with Crippen molar-refractivity contribution in [3.63, 3.8) is 0 Å². The van der Waals surface area contributed by atoms with Crippen molar-refractivity contribution in [2.75, 3.05) is 7.11 Å². The summed E-state index contributed by atoms with van der Waals surface area (Å²) < 4.78 is 10.8. The number of nitrogens with zero attached hydrogens (tertiary/aromatic N) is 3. The van der Waals surface area contributed by atoms with Gasteiger partial charge in [0.05, 0.1) is 13.7 Å². The maximum atomic E-state index is 12.9. The zero-order chi connectivity index (χ0) is 17.2. The predicted octanol–water partition coefficient (Wildman–Crippen LogP) is 1.91. The van der Waals surface area contributed by atoms with Crippen LogP contribution in [0.3, 0.4) is 0 Å². The van der Waals surface area contributed by atoms with Crippen LogP contribution in [0.25, 0.3) is 5.53 Å². The first-order valence-corrected chi connectivity index (χ1v) is 8.00. The van der Waals surface area contributed by atoms with Crippen LogP contribution in [-0.2, 0) is 20.9 Å². The summed E-state index contributed by atoms with van der Waals surface area (Å²) in [5, 5.41) is 0. The molecule has 0 radical (unpaired) electrons. The van der Waals surface area contributed by atoms with Crippen molar-refractivity contribution >= 4 is 17.6 Å². The maximum Gasteiger partial charge on any atom is 0.463 e. The fourth-order valence-electron chi connectivity index (χ4n) is 3.44. The molecule has 2 aliphatic rings. The molecule has 1 aromatic carbocycles. The first kappa shape index (κ1) is 16.2. The van der Waals surface area contributed by atoms with E-state index >= 15 is 0 Å². The smallest absolute Gasteiger partial charge is 0.463 e. The highest BCUT2D eigenvalue weighted by molar-refractivity contribution is 6.61. The van der Waals surface area contributed by atoms with Crippen LogP contribution >= 0.6 is 0 Å². The molecule has 7 nitrogen and oxygen atoms in total. The average Bonchev–Trinajstić information content (AvgIpc) is 2.62. The topological polar surface area (TPSA) is 92.2 Å². The van der Waals surface area contributed by atoms with E-state index in [0.29, 0.717) is 19.4 Å². The Morgan fingerprint density at radius 1 is 1.25 bits per heavy atom. The number of rotatable bonds is 2. The summed E-state index contributed by atoms with van der Waals surface area (Å²) in [4.78, 5) is 29.0. The van der Waals surface area contributed by atoms with E-state index in [0.717, 1.165) is 37.7 Å². The normalized spacial score (nSPS) is 18.1. The van der Waals surface area contributed by atoms with Crippen molar-refractivity contribution in [2.45, 2.75) is 44.4 Å². The van der Waals surface area contributed by atoms with Crippen LogP contribution in [0.5, 0.6) is 5.75 Å². The molecule has 1 heterocycles. The molecule has 1 amide bonds. The van der Waals surface area contributed by atoms with Crippen molar-refractivity contribution in [2.24, 2.45) is 0 Å². The second-order valence-corrected chi connectivity index (χ2v) is 6.05. The Morgan fingerprint density at radius 3 is 2.62 bits per heavy atom. The Kier molecular flexibility index (Phi) is 4.36. The first-order valence-electron chi connectivity index (χ1n) is 8.00. The van der Waals surface area contributed by atoms with Gasteiger partial charge in [-0.3, -0.25) is 9.69 Å². The van der Waals surface area contributed by atoms with Crippen LogP contribution in [-0.4, -0.2) is 40.1 Å². The molecule has 7 heteroatoms. The molecule has 0 unspecified atom stereocenters. The summed E-state index contributed by atoms with van der Waals surface area (Å²) in [6, 6.07) is 7.51. The van der Waals surface area contributed by atoms with Crippen LogP contribution in [0.1, 0.15) is 37.7 Å². The Morgan fingerprint density at radius 2 is 1.96 bits per heavy atom. The number of hydrogen-bond donors (Lipinski definition) is 0. The number of ether oxygens (including phenoxy) is 2. The van der Waals surface area contributed by atoms with E-state index in [1.54, 1.807) is 0 Å². The summed E-state index contributed by atoms with van der Waals surface area (Å²) in [5.41, 5.74) is 8.51. The van der Waals surface area contributed by atoms with Crippen molar-refractivity contribution in [3.05, 3.63) is 35.4 Å². The van der Waals surface area contributed by atoms with Crippen LogP contribution in [0.15, 0.2) is 24.3 Å². The zero-order valence-corrected chi connectivity index (χ0v) is 13.5. The molecule has 24 heavy (non-hydrogen) atoms. The quantitative estimate of drug-likeness (QED) is 0.272. The molecule has 0 N–H and O–H groups in total. The number of amides is 1. The van der Waals surface area contributed by atoms with E-state index in [9.17, 15) is 9.59 Å². The van der Waals surface area contributed by atoms with Gasteiger partial charge in [0.15, 0.2) is 5.72 Å². The predicted molar refractivity (Wildman–Crippen MR) is 84.1 cm³/mol. The summed E-state index contributed by atoms with van der Waals surface area (Å²) in [5.74, 6) is -0.892. The lowest BCUT2D eigenvalue weighted by Crippen LogP contribution is -2.60. The third-order valence-electron chi connectivity index (χ3n) is 4.65. The average molecular weight is 329 g/mol. The van der Waals surface area contributed by atoms with E-state index in [1.807, 2.05) is 24.3 Å². The third kappa shape index (κ3) is 2.67. The van der Waals surface area contributed by atoms with E-state index < -0.39 is 23.3 Å². The van der Waals surface area contributed by atoms with E-state index in [1.165, 1.54) is 4.90 Å². The molecule has 1 aromatic rings. The lowest BCUT2D eigenvalue weighted by molar-refractivity contribution is -0.166. The van der Waals surface area contributed by atoms with Gasteiger partial charge in [0.1, 0.15) is 5.75 Å². The molecule has 1 aliphatic heterocycles. The van der Waals surface area contributed by atoms with Gasteiger partial charge in [0.25, 0.3) is 0 Å². The van der Waals surface area contributed by atoms with E-state index in [2.05, 4.69) is 9.53 Å². The highest BCUT2D eigenvalue weighted by Gasteiger charge is 2.50. The summed E-state index contributed by atoms with van der Waals surface area (Å²) in [6.07, 6.45) is 4.28. The molecular formula is C17H19N3O4. The van der Waals surface area contributed by atoms with Crippen LogP contribution in [0, 0.1) is 0 Å². The van der Waals surface area contributed by atoms with Gasteiger partial charge >= 0.3 is 17.6 Å². The number of benzene rings is 1. The summed E-state index contributed by atoms with van der Waals surface area (Å²) >= 11 is 0. The number of esters is 1. The number of methoxy groups -OCH3 is 1. The van der Waals surface area contributed by atoms with Crippen LogP contribution < -0.4 is 4.74 Å². The van der Waals surface area contributed by atoms with Crippen molar-refractivity contribution in [1.29, 1.82) is 0 Å². The molecule has 1 saturated carbocycles. The largest absolute Gasteiger partial charge is 0.468 e. The van der Waals surface area contributed by atoms with Gasteiger partial charge in [-0.15, -0.1) is 0 Å². The first-order chi connectivity index (χ1) is 11.6. The Bertz CT molecular complexity index is 718. The molecular weight excluding hydrogens is 310 g/mol. The Labute approximate surface area is 139 Å². The van der Waals surface area contributed by atoms with E-state index in [-0.39, 0.29) is 0 Å². The van der Waals surface area contributed by atoms with E-state index in [4.69, 9.17) is 10.3 Å². The third-order valence-corrected chi connectivity index (χ3v) is 4.65.